The summed E-state index contributed by atoms with van der Waals surface area (Å²) >= 11 is 0. The van der Waals surface area contributed by atoms with Crippen LogP contribution >= 0.6 is 0 Å². The third kappa shape index (κ3) is 4.32. The van der Waals surface area contributed by atoms with Gasteiger partial charge in [0, 0.05) is 35.3 Å². The molecule has 0 aliphatic heterocycles. The average molecular weight is 444 g/mol. The van der Waals surface area contributed by atoms with E-state index >= 15 is 0 Å². The van der Waals surface area contributed by atoms with Gasteiger partial charge in [0.25, 0.3) is 5.91 Å². The van der Waals surface area contributed by atoms with Gasteiger partial charge >= 0.3 is 0 Å². The average Bonchev–Trinajstić information content (AvgIpc) is 3.12. The zero-order chi connectivity index (χ0) is 23.5. The smallest absolute Gasteiger partial charge is 0.270 e. The SMILES string of the molecule is Cc1nn(-c2ccc(C#N)c(F)c2)c(C)c1-c1cnc(CNC(=O)c2ccccn2)c(F)c1. The van der Waals surface area contributed by atoms with Gasteiger partial charge in [-0.3, -0.25) is 14.8 Å². The van der Waals surface area contributed by atoms with Gasteiger partial charge in [-0.05, 0) is 44.2 Å². The molecule has 1 amide bonds. The molecule has 0 saturated heterocycles. The molecule has 0 saturated carbocycles. The molecule has 0 radical (unpaired) electrons. The van der Waals surface area contributed by atoms with Crippen molar-refractivity contribution in [3.8, 4) is 22.9 Å². The largest absolute Gasteiger partial charge is 0.345 e. The number of rotatable bonds is 5. The lowest BCUT2D eigenvalue weighted by atomic mass is 10.1. The Bertz CT molecular complexity index is 1390. The van der Waals surface area contributed by atoms with Crippen LogP contribution in [0.5, 0.6) is 0 Å². The Hall–Kier alpha value is -4.45. The van der Waals surface area contributed by atoms with E-state index in [1.807, 2.05) is 0 Å². The molecule has 9 heteroatoms. The van der Waals surface area contributed by atoms with Crippen molar-refractivity contribution < 1.29 is 13.6 Å². The first-order valence-corrected chi connectivity index (χ1v) is 9.99. The highest BCUT2D eigenvalue weighted by Gasteiger charge is 2.18. The molecular formula is C24H18F2N6O. The van der Waals surface area contributed by atoms with Crippen LogP contribution < -0.4 is 5.32 Å². The third-order valence-electron chi connectivity index (χ3n) is 5.13. The zero-order valence-corrected chi connectivity index (χ0v) is 17.8. The quantitative estimate of drug-likeness (QED) is 0.501. The summed E-state index contributed by atoms with van der Waals surface area (Å²) in [5.74, 6) is -1.65. The molecule has 33 heavy (non-hydrogen) atoms. The molecule has 4 aromatic rings. The van der Waals surface area contributed by atoms with E-state index in [2.05, 4.69) is 20.4 Å². The monoisotopic (exact) mass is 444 g/mol. The second-order valence-electron chi connectivity index (χ2n) is 7.28. The Morgan fingerprint density at radius 3 is 2.61 bits per heavy atom. The Morgan fingerprint density at radius 1 is 1.12 bits per heavy atom. The number of halogens is 2. The molecular weight excluding hydrogens is 426 g/mol. The number of nitriles is 1. The van der Waals surface area contributed by atoms with Crippen molar-refractivity contribution in [3.05, 3.63) is 94.8 Å². The number of benzene rings is 1. The first-order chi connectivity index (χ1) is 15.9. The minimum atomic E-state index is -0.645. The fourth-order valence-corrected chi connectivity index (χ4v) is 3.52. The van der Waals surface area contributed by atoms with Crippen LogP contribution in [0.2, 0.25) is 0 Å². The van der Waals surface area contributed by atoms with Crippen molar-refractivity contribution in [2.45, 2.75) is 20.4 Å². The van der Waals surface area contributed by atoms with Crippen molar-refractivity contribution in [2.24, 2.45) is 0 Å². The summed E-state index contributed by atoms with van der Waals surface area (Å²) in [6, 6.07) is 12.3. The fourth-order valence-electron chi connectivity index (χ4n) is 3.52. The summed E-state index contributed by atoms with van der Waals surface area (Å²) in [5.41, 5.74) is 3.13. The molecule has 1 N–H and O–H groups in total. The molecule has 0 bridgehead atoms. The number of aryl methyl sites for hydroxylation is 1. The van der Waals surface area contributed by atoms with E-state index in [4.69, 9.17) is 5.26 Å². The number of aromatic nitrogens is 4. The van der Waals surface area contributed by atoms with E-state index in [9.17, 15) is 13.6 Å². The summed E-state index contributed by atoms with van der Waals surface area (Å²) in [4.78, 5) is 20.3. The van der Waals surface area contributed by atoms with E-state index in [1.165, 1.54) is 35.3 Å². The van der Waals surface area contributed by atoms with E-state index in [-0.39, 0.29) is 23.5 Å². The maximum atomic E-state index is 14.8. The van der Waals surface area contributed by atoms with E-state index < -0.39 is 17.5 Å². The van der Waals surface area contributed by atoms with Crippen molar-refractivity contribution in [1.29, 1.82) is 5.26 Å². The van der Waals surface area contributed by atoms with Gasteiger partial charge in [0.2, 0.25) is 0 Å². The lowest BCUT2D eigenvalue weighted by Gasteiger charge is -2.09. The Labute approximate surface area is 188 Å². The van der Waals surface area contributed by atoms with Gasteiger partial charge < -0.3 is 5.32 Å². The molecule has 0 unspecified atom stereocenters. The summed E-state index contributed by atoms with van der Waals surface area (Å²) in [6.07, 6.45) is 3.01. The summed E-state index contributed by atoms with van der Waals surface area (Å²) in [5, 5.41) is 16.0. The molecule has 0 aliphatic rings. The van der Waals surface area contributed by atoms with Crippen molar-refractivity contribution in [1.82, 2.24) is 25.1 Å². The van der Waals surface area contributed by atoms with Gasteiger partial charge in [0.1, 0.15) is 23.4 Å². The van der Waals surface area contributed by atoms with Gasteiger partial charge in [-0.2, -0.15) is 10.4 Å². The number of nitrogens with zero attached hydrogens (tertiary/aromatic N) is 5. The van der Waals surface area contributed by atoms with Crippen LogP contribution in [0.4, 0.5) is 8.78 Å². The minimum Gasteiger partial charge on any atom is -0.345 e. The highest BCUT2D eigenvalue weighted by Crippen LogP contribution is 2.29. The van der Waals surface area contributed by atoms with Crippen LogP contribution in [0, 0.1) is 36.8 Å². The Morgan fingerprint density at radius 2 is 1.94 bits per heavy atom. The molecule has 4 rings (SSSR count). The normalized spacial score (nSPS) is 10.6. The number of carbonyl (C=O) groups excluding carboxylic acids is 1. The molecule has 1 aromatic carbocycles. The molecule has 0 atom stereocenters. The van der Waals surface area contributed by atoms with Crippen LogP contribution in [0.1, 0.15) is 33.1 Å². The van der Waals surface area contributed by atoms with Crippen LogP contribution in [0.15, 0.2) is 54.9 Å². The second kappa shape index (κ2) is 8.96. The summed E-state index contributed by atoms with van der Waals surface area (Å²) < 4.78 is 30.4. The molecule has 0 fully saturated rings. The number of hydrogen-bond donors (Lipinski definition) is 1. The van der Waals surface area contributed by atoms with Gasteiger partial charge in [-0.1, -0.05) is 6.07 Å². The van der Waals surface area contributed by atoms with Crippen LogP contribution in [0.3, 0.4) is 0 Å². The zero-order valence-electron chi connectivity index (χ0n) is 17.8. The fraction of sp³-hybridized carbons (Fsp3) is 0.125. The Kier molecular flexibility index (Phi) is 5.91. The number of nitrogens with one attached hydrogen (secondary N) is 1. The van der Waals surface area contributed by atoms with Crippen molar-refractivity contribution in [2.75, 3.05) is 0 Å². The molecule has 0 spiro atoms. The van der Waals surface area contributed by atoms with E-state index in [1.54, 1.807) is 44.2 Å². The van der Waals surface area contributed by atoms with Gasteiger partial charge in [0.05, 0.1) is 29.2 Å². The van der Waals surface area contributed by atoms with Crippen molar-refractivity contribution >= 4 is 5.91 Å². The lowest BCUT2D eigenvalue weighted by Crippen LogP contribution is -2.24. The molecule has 164 valence electrons. The maximum Gasteiger partial charge on any atom is 0.270 e. The molecule has 3 aromatic heterocycles. The first kappa shape index (κ1) is 21.8. The topological polar surface area (TPSA) is 96.5 Å². The molecule has 3 heterocycles. The predicted octanol–water partition coefficient (Wildman–Crippen LogP) is 4.03. The van der Waals surface area contributed by atoms with E-state index in [0.717, 1.165) is 0 Å². The summed E-state index contributed by atoms with van der Waals surface area (Å²) in [6.45, 7) is 3.45. The molecule has 7 nitrogen and oxygen atoms in total. The van der Waals surface area contributed by atoms with Gasteiger partial charge in [-0.15, -0.1) is 0 Å². The highest BCUT2D eigenvalue weighted by molar-refractivity contribution is 5.92. The number of pyridine rings is 2. The van der Waals surface area contributed by atoms with E-state index in [0.29, 0.717) is 28.2 Å². The lowest BCUT2D eigenvalue weighted by molar-refractivity contribution is 0.0945. The van der Waals surface area contributed by atoms with Gasteiger partial charge in [0.15, 0.2) is 0 Å². The van der Waals surface area contributed by atoms with Crippen LogP contribution in [-0.2, 0) is 6.54 Å². The number of hydrogen-bond acceptors (Lipinski definition) is 5. The Balaban J connectivity index is 1.59. The predicted molar refractivity (Wildman–Crippen MR) is 116 cm³/mol. The standard InChI is InChI=1S/C24H18F2N6O/c1-14-23(15(2)32(31-14)18-7-6-16(11-27)19(25)10-18)17-9-20(26)22(29-12-17)13-30-24(33)21-5-3-4-8-28-21/h3-10,12H,13H2,1-2H3,(H,30,33). The van der Waals surface area contributed by atoms with Crippen LogP contribution in [-0.4, -0.2) is 25.7 Å². The number of amides is 1. The van der Waals surface area contributed by atoms with Crippen LogP contribution in [0.25, 0.3) is 16.8 Å². The minimum absolute atomic E-state index is 0.0579. The number of carbonyl (C=O) groups is 1. The molecule has 0 aliphatic carbocycles. The van der Waals surface area contributed by atoms with Crippen molar-refractivity contribution in [3.63, 3.8) is 0 Å². The second-order valence-corrected chi connectivity index (χ2v) is 7.28. The van der Waals surface area contributed by atoms with Gasteiger partial charge in [-0.25, -0.2) is 13.5 Å². The maximum absolute atomic E-state index is 14.8. The summed E-state index contributed by atoms with van der Waals surface area (Å²) in [7, 11) is 0. The first-order valence-electron chi connectivity index (χ1n) is 9.99. The highest BCUT2D eigenvalue weighted by atomic mass is 19.1. The third-order valence-corrected chi connectivity index (χ3v) is 5.13.